The molecule has 5 heteroatoms. The van der Waals surface area contributed by atoms with Gasteiger partial charge in [-0.25, -0.2) is 0 Å². The molecule has 1 fully saturated rings. The van der Waals surface area contributed by atoms with Gasteiger partial charge in [0.25, 0.3) is 5.91 Å². The summed E-state index contributed by atoms with van der Waals surface area (Å²) >= 11 is 0. The van der Waals surface area contributed by atoms with Gasteiger partial charge in [0, 0.05) is 55.8 Å². The predicted molar refractivity (Wildman–Crippen MR) is 93.6 cm³/mol. The van der Waals surface area contributed by atoms with Gasteiger partial charge in [0.1, 0.15) is 0 Å². The molecular formula is C20H22N2O3. The summed E-state index contributed by atoms with van der Waals surface area (Å²) in [6.07, 6.45) is 5.64. The summed E-state index contributed by atoms with van der Waals surface area (Å²) in [6.45, 7) is 4.16. The maximum Gasteiger partial charge on any atom is 0.254 e. The number of furan rings is 1. The van der Waals surface area contributed by atoms with Crippen LogP contribution >= 0.6 is 0 Å². The molecule has 1 aliphatic heterocycles. The van der Waals surface area contributed by atoms with Gasteiger partial charge in [0.2, 0.25) is 0 Å². The molecule has 1 aromatic heterocycles. The van der Waals surface area contributed by atoms with Crippen LogP contribution in [-0.2, 0) is 13.0 Å². The van der Waals surface area contributed by atoms with E-state index in [-0.39, 0.29) is 11.7 Å². The third-order valence-electron chi connectivity index (χ3n) is 5.17. The molecule has 130 valence electrons. The van der Waals surface area contributed by atoms with Crippen molar-refractivity contribution in [1.29, 1.82) is 0 Å². The average molecular weight is 338 g/mol. The van der Waals surface area contributed by atoms with Crippen molar-refractivity contribution in [2.45, 2.75) is 25.8 Å². The predicted octanol–water partition coefficient (Wildman–Crippen LogP) is 2.76. The molecule has 25 heavy (non-hydrogen) atoms. The molecule has 0 radical (unpaired) electrons. The first-order valence-electron chi connectivity index (χ1n) is 8.90. The number of nitrogens with zero attached hydrogens (tertiary/aromatic N) is 2. The number of hydrogen-bond donors (Lipinski definition) is 0. The van der Waals surface area contributed by atoms with E-state index in [0.717, 1.165) is 43.7 Å². The molecule has 1 aliphatic carbocycles. The molecule has 2 heterocycles. The quantitative estimate of drug-likeness (QED) is 0.863. The molecule has 0 unspecified atom stereocenters. The van der Waals surface area contributed by atoms with Crippen LogP contribution in [0.15, 0.2) is 41.2 Å². The molecule has 0 bridgehead atoms. The Morgan fingerprint density at radius 2 is 2.00 bits per heavy atom. The number of rotatable bonds is 3. The van der Waals surface area contributed by atoms with Crippen LogP contribution in [-0.4, -0.2) is 47.7 Å². The second-order valence-electron chi connectivity index (χ2n) is 6.81. The van der Waals surface area contributed by atoms with Crippen molar-refractivity contribution in [3.8, 4) is 0 Å². The topological polar surface area (TPSA) is 53.8 Å². The lowest BCUT2D eigenvalue weighted by Crippen LogP contribution is -2.35. The largest absolute Gasteiger partial charge is 0.472 e. The molecule has 0 saturated carbocycles. The maximum atomic E-state index is 13.0. The fourth-order valence-electron chi connectivity index (χ4n) is 3.83. The highest BCUT2D eigenvalue weighted by atomic mass is 16.3. The SMILES string of the molecule is O=C1CCc2c1cccc2C(=O)N1CCCN(Cc2ccoc2)CC1. The van der Waals surface area contributed by atoms with Gasteiger partial charge in [-0.15, -0.1) is 0 Å². The van der Waals surface area contributed by atoms with Crippen LogP contribution in [0.2, 0.25) is 0 Å². The molecule has 0 N–H and O–H groups in total. The third kappa shape index (κ3) is 3.24. The van der Waals surface area contributed by atoms with E-state index in [4.69, 9.17) is 4.42 Å². The molecular weight excluding hydrogens is 316 g/mol. The highest BCUT2D eigenvalue weighted by Crippen LogP contribution is 2.26. The Kier molecular flexibility index (Phi) is 4.40. The van der Waals surface area contributed by atoms with Gasteiger partial charge in [-0.2, -0.15) is 0 Å². The fraction of sp³-hybridized carbons (Fsp3) is 0.400. The van der Waals surface area contributed by atoms with Crippen molar-refractivity contribution in [1.82, 2.24) is 9.80 Å². The number of amides is 1. The second-order valence-corrected chi connectivity index (χ2v) is 6.81. The van der Waals surface area contributed by atoms with E-state index in [2.05, 4.69) is 4.90 Å². The number of Topliss-reactive ketones (excluding diaryl/α,β-unsaturated/α-hetero) is 1. The van der Waals surface area contributed by atoms with E-state index < -0.39 is 0 Å². The minimum Gasteiger partial charge on any atom is -0.472 e. The van der Waals surface area contributed by atoms with Crippen molar-refractivity contribution in [2.24, 2.45) is 0 Å². The standard InChI is InChI=1S/C20H22N2O3/c23-19-6-5-16-17(19)3-1-4-18(16)20(24)22-9-2-8-21(10-11-22)13-15-7-12-25-14-15/h1,3-4,7,12,14H,2,5-6,8-11,13H2. The Morgan fingerprint density at radius 3 is 2.84 bits per heavy atom. The van der Waals surface area contributed by atoms with Crippen LogP contribution in [0.3, 0.4) is 0 Å². The van der Waals surface area contributed by atoms with Crippen LogP contribution in [0.4, 0.5) is 0 Å². The van der Waals surface area contributed by atoms with Crippen LogP contribution in [0.5, 0.6) is 0 Å². The lowest BCUT2D eigenvalue weighted by molar-refractivity contribution is 0.0760. The Morgan fingerprint density at radius 1 is 1.08 bits per heavy atom. The van der Waals surface area contributed by atoms with Crippen LogP contribution in [0.25, 0.3) is 0 Å². The molecule has 2 aromatic rings. The zero-order chi connectivity index (χ0) is 17.2. The van der Waals surface area contributed by atoms with Crippen molar-refractivity contribution in [2.75, 3.05) is 26.2 Å². The summed E-state index contributed by atoms with van der Waals surface area (Å²) in [5.41, 5.74) is 3.56. The summed E-state index contributed by atoms with van der Waals surface area (Å²) in [6, 6.07) is 7.53. The van der Waals surface area contributed by atoms with Crippen LogP contribution in [0.1, 0.15) is 44.7 Å². The van der Waals surface area contributed by atoms with Crippen molar-refractivity contribution >= 4 is 11.7 Å². The Hall–Kier alpha value is -2.40. The Labute approximate surface area is 147 Å². The van der Waals surface area contributed by atoms with Crippen molar-refractivity contribution in [3.05, 3.63) is 59.0 Å². The van der Waals surface area contributed by atoms with Gasteiger partial charge >= 0.3 is 0 Å². The molecule has 1 amide bonds. The zero-order valence-corrected chi connectivity index (χ0v) is 14.2. The maximum absolute atomic E-state index is 13.0. The van der Waals surface area contributed by atoms with Gasteiger partial charge in [-0.3, -0.25) is 14.5 Å². The third-order valence-corrected chi connectivity index (χ3v) is 5.17. The average Bonchev–Trinajstić information content (AvgIpc) is 3.20. The van der Waals surface area contributed by atoms with E-state index in [1.165, 1.54) is 5.56 Å². The lowest BCUT2D eigenvalue weighted by atomic mass is 10.0. The van der Waals surface area contributed by atoms with Gasteiger partial charge in [-0.1, -0.05) is 12.1 Å². The number of benzene rings is 1. The number of fused-ring (bicyclic) bond motifs is 1. The number of hydrogen-bond acceptors (Lipinski definition) is 4. The Balaban J connectivity index is 1.46. The van der Waals surface area contributed by atoms with E-state index in [1.807, 2.05) is 29.2 Å². The number of carbonyl (C=O) groups is 2. The van der Waals surface area contributed by atoms with Gasteiger partial charge in [0.05, 0.1) is 12.5 Å². The summed E-state index contributed by atoms with van der Waals surface area (Å²) in [7, 11) is 0. The zero-order valence-electron chi connectivity index (χ0n) is 14.2. The molecule has 4 rings (SSSR count). The first kappa shape index (κ1) is 16.1. The summed E-state index contributed by atoms with van der Waals surface area (Å²) in [5, 5.41) is 0. The van der Waals surface area contributed by atoms with Crippen LogP contribution < -0.4 is 0 Å². The van der Waals surface area contributed by atoms with Crippen LogP contribution in [0, 0.1) is 0 Å². The fourth-order valence-corrected chi connectivity index (χ4v) is 3.83. The normalized spacial score (nSPS) is 18.2. The van der Waals surface area contributed by atoms with Crippen molar-refractivity contribution in [3.63, 3.8) is 0 Å². The molecule has 0 atom stereocenters. The lowest BCUT2D eigenvalue weighted by Gasteiger charge is -2.22. The second kappa shape index (κ2) is 6.84. The summed E-state index contributed by atoms with van der Waals surface area (Å²) < 4.78 is 5.14. The highest BCUT2D eigenvalue weighted by Gasteiger charge is 2.27. The van der Waals surface area contributed by atoms with E-state index in [9.17, 15) is 9.59 Å². The van der Waals surface area contributed by atoms with Gasteiger partial charge in [0.15, 0.2) is 5.78 Å². The Bertz CT molecular complexity index is 782. The molecule has 5 nitrogen and oxygen atoms in total. The monoisotopic (exact) mass is 338 g/mol. The summed E-state index contributed by atoms with van der Waals surface area (Å²) in [5.74, 6) is 0.225. The molecule has 1 saturated heterocycles. The minimum absolute atomic E-state index is 0.0664. The number of ketones is 1. The first-order chi connectivity index (χ1) is 12.2. The molecule has 2 aliphatic rings. The summed E-state index contributed by atoms with van der Waals surface area (Å²) in [4.78, 5) is 29.2. The molecule has 0 spiro atoms. The minimum atomic E-state index is 0.0664. The first-order valence-corrected chi connectivity index (χ1v) is 8.90. The smallest absolute Gasteiger partial charge is 0.254 e. The number of carbonyl (C=O) groups excluding carboxylic acids is 2. The van der Waals surface area contributed by atoms with Gasteiger partial charge < -0.3 is 9.32 Å². The van der Waals surface area contributed by atoms with E-state index in [0.29, 0.717) is 24.9 Å². The van der Waals surface area contributed by atoms with E-state index >= 15 is 0 Å². The van der Waals surface area contributed by atoms with Gasteiger partial charge in [-0.05, 0) is 30.5 Å². The highest BCUT2D eigenvalue weighted by molar-refractivity contribution is 6.05. The molecule has 1 aromatic carbocycles. The van der Waals surface area contributed by atoms with E-state index in [1.54, 1.807) is 12.5 Å². The van der Waals surface area contributed by atoms with Crippen molar-refractivity contribution < 1.29 is 14.0 Å².